The van der Waals surface area contributed by atoms with Crippen molar-refractivity contribution >= 4 is 52.3 Å². The topological polar surface area (TPSA) is 54.3 Å². The Balaban J connectivity index is 1.60. The molecule has 154 valence electrons. The second-order valence-corrected chi connectivity index (χ2v) is 10.3. The van der Waals surface area contributed by atoms with Gasteiger partial charge >= 0.3 is 0 Å². The number of nitrogens with zero attached hydrogens (tertiary/aromatic N) is 2. The molecule has 2 aliphatic rings. The lowest BCUT2D eigenvalue weighted by atomic mass is 9.83. The zero-order valence-electron chi connectivity index (χ0n) is 15.3. The number of halogens is 4. The fraction of sp³-hybridized carbons (Fsp3) is 0.400. The summed E-state index contributed by atoms with van der Waals surface area (Å²) in [4.78, 5) is 27.0. The summed E-state index contributed by atoms with van der Waals surface area (Å²) >= 11 is 25.0. The summed E-state index contributed by atoms with van der Waals surface area (Å²) in [6.45, 7) is 1.80. The molecule has 4 rings (SSSR count). The number of pyridine rings is 1. The predicted octanol–water partition coefficient (Wildman–Crippen LogP) is 4.05. The van der Waals surface area contributed by atoms with Gasteiger partial charge in [0.15, 0.2) is 0 Å². The highest BCUT2D eigenvalue weighted by molar-refractivity contribution is 6.68. The molecule has 0 radical (unpaired) electrons. The SMILES string of the molecule is O=C(N[C@@H](N1C[C@@H]2C[C@H](C1)c1cccc(=O)n1C2)C(Cl)(Cl)Cl)c1ccccc1Cl. The van der Waals surface area contributed by atoms with Gasteiger partial charge in [0.05, 0.1) is 10.6 Å². The summed E-state index contributed by atoms with van der Waals surface area (Å²) in [6, 6.07) is 12.1. The van der Waals surface area contributed by atoms with Gasteiger partial charge in [-0.2, -0.15) is 0 Å². The van der Waals surface area contributed by atoms with Crippen LogP contribution in [0.25, 0.3) is 0 Å². The third-order valence-corrected chi connectivity index (χ3v) is 6.52. The van der Waals surface area contributed by atoms with E-state index in [9.17, 15) is 9.59 Å². The van der Waals surface area contributed by atoms with E-state index in [1.165, 1.54) is 0 Å². The molecule has 0 unspecified atom stereocenters. The average Bonchev–Trinajstić information content (AvgIpc) is 2.66. The Labute approximate surface area is 188 Å². The number of amides is 1. The Morgan fingerprint density at radius 1 is 1.07 bits per heavy atom. The van der Waals surface area contributed by atoms with E-state index in [-0.39, 0.29) is 17.4 Å². The number of hydrogen-bond acceptors (Lipinski definition) is 3. The van der Waals surface area contributed by atoms with Crippen molar-refractivity contribution in [2.45, 2.75) is 28.8 Å². The summed E-state index contributed by atoms with van der Waals surface area (Å²) in [7, 11) is 0. The minimum atomic E-state index is -1.74. The van der Waals surface area contributed by atoms with Gasteiger partial charge < -0.3 is 9.88 Å². The van der Waals surface area contributed by atoms with Gasteiger partial charge in [0.2, 0.25) is 3.79 Å². The number of carbonyl (C=O) groups is 1. The molecule has 0 saturated carbocycles. The highest BCUT2D eigenvalue weighted by Crippen LogP contribution is 2.40. The molecule has 29 heavy (non-hydrogen) atoms. The molecule has 1 aromatic carbocycles. The lowest BCUT2D eigenvalue weighted by Gasteiger charge is -2.47. The largest absolute Gasteiger partial charge is 0.332 e. The standard InChI is InChI=1S/C20H19Cl4N3O2/c21-15-5-2-1-4-14(15)18(29)25-19(20(22,23)24)26-9-12-8-13(11-26)16-6-3-7-17(28)27(16)10-12/h1-7,12-13,19H,8-11H2,(H,25,29)/t12-,13+,19-/m0/s1. The minimum absolute atomic E-state index is 0.00981. The van der Waals surface area contributed by atoms with Gasteiger partial charge in [0.25, 0.3) is 11.5 Å². The van der Waals surface area contributed by atoms with Crippen molar-refractivity contribution < 1.29 is 4.79 Å². The first kappa shape index (κ1) is 21.0. The van der Waals surface area contributed by atoms with E-state index < -0.39 is 15.9 Å². The van der Waals surface area contributed by atoms with Crippen LogP contribution in [0.4, 0.5) is 0 Å². The van der Waals surface area contributed by atoms with Crippen LogP contribution in [0.1, 0.15) is 28.4 Å². The highest BCUT2D eigenvalue weighted by atomic mass is 35.6. The molecule has 5 nitrogen and oxygen atoms in total. The van der Waals surface area contributed by atoms with Crippen LogP contribution in [0, 0.1) is 5.92 Å². The van der Waals surface area contributed by atoms with Crippen LogP contribution >= 0.6 is 46.4 Å². The van der Waals surface area contributed by atoms with Gasteiger partial charge in [-0.15, -0.1) is 0 Å². The third-order valence-electron chi connectivity index (χ3n) is 5.57. The van der Waals surface area contributed by atoms with Crippen molar-refractivity contribution in [3.8, 4) is 0 Å². The summed E-state index contributed by atoms with van der Waals surface area (Å²) in [5.41, 5.74) is 1.32. The fourth-order valence-corrected chi connectivity index (χ4v) is 5.17. The minimum Gasteiger partial charge on any atom is -0.332 e. The van der Waals surface area contributed by atoms with E-state index in [1.807, 2.05) is 15.5 Å². The van der Waals surface area contributed by atoms with Crippen LogP contribution in [0.3, 0.4) is 0 Å². The van der Waals surface area contributed by atoms with Crippen molar-refractivity contribution in [1.29, 1.82) is 0 Å². The van der Waals surface area contributed by atoms with E-state index in [4.69, 9.17) is 46.4 Å². The lowest BCUT2D eigenvalue weighted by molar-refractivity contribution is 0.0586. The van der Waals surface area contributed by atoms with Crippen molar-refractivity contribution in [3.05, 3.63) is 69.1 Å². The lowest BCUT2D eigenvalue weighted by Crippen LogP contribution is -2.60. The first-order valence-corrected chi connectivity index (χ1v) is 10.8. The molecular formula is C20H19Cl4N3O2. The molecule has 1 N–H and O–H groups in total. The number of aromatic nitrogens is 1. The molecule has 0 aliphatic carbocycles. The molecule has 3 heterocycles. The second kappa shape index (κ2) is 8.12. The maximum atomic E-state index is 12.8. The first-order valence-electron chi connectivity index (χ1n) is 9.30. The number of carbonyl (C=O) groups excluding carboxylic acids is 1. The number of rotatable bonds is 3. The van der Waals surface area contributed by atoms with Crippen LogP contribution in [-0.4, -0.2) is 38.4 Å². The zero-order chi connectivity index (χ0) is 20.8. The van der Waals surface area contributed by atoms with Gasteiger partial charge in [-0.25, -0.2) is 0 Å². The average molecular weight is 475 g/mol. The molecule has 1 fully saturated rings. The normalized spacial score (nSPS) is 22.6. The molecule has 2 bridgehead atoms. The molecule has 0 spiro atoms. The molecule has 1 aromatic heterocycles. The van der Waals surface area contributed by atoms with E-state index in [0.29, 0.717) is 30.2 Å². The summed E-state index contributed by atoms with van der Waals surface area (Å²) in [6.07, 6.45) is 0.133. The van der Waals surface area contributed by atoms with Crippen molar-refractivity contribution in [2.24, 2.45) is 5.92 Å². The molecule has 1 saturated heterocycles. The maximum Gasteiger partial charge on any atom is 0.254 e. The van der Waals surface area contributed by atoms with Crippen molar-refractivity contribution in [2.75, 3.05) is 13.1 Å². The predicted molar refractivity (Wildman–Crippen MR) is 116 cm³/mol. The van der Waals surface area contributed by atoms with Crippen LogP contribution in [0.5, 0.6) is 0 Å². The van der Waals surface area contributed by atoms with Gasteiger partial charge in [-0.1, -0.05) is 64.6 Å². The molecule has 2 aliphatic heterocycles. The number of likely N-dealkylation sites (tertiary alicyclic amines) is 1. The van der Waals surface area contributed by atoms with E-state index >= 15 is 0 Å². The van der Waals surface area contributed by atoms with Gasteiger partial charge in [-0.05, 0) is 30.5 Å². The number of piperidine rings is 1. The number of fused-ring (bicyclic) bond motifs is 4. The van der Waals surface area contributed by atoms with Gasteiger partial charge in [0.1, 0.15) is 6.17 Å². The summed E-state index contributed by atoms with van der Waals surface area (Å²) in [5, 5.41) is 3.18. The smallest absolute Gasteiger partial charge is 0.254 e. The summed E-state index contributed by atoms with van der Waals surface area (Å²) in [5.74, 6) is -0.0452. The molecule has 3 atom stereocenters. The summed E-state index contributed by atoms with van der Waals surface area (Å²) < 4.78 is 0.0990. The van der Waals surface area contributed by atoms with E-state index in [0.717, 1.165) is 12.1 Å². The number of hydrogen-bond donors (Lipinski definition) is 1. The molecule has 9 heteroatoms. The number of benzene rings is 1. The van der Waals surface area contributed by atoms with Crippen LogP contribution in [0.15, 0.2) is 47.3 Å². The Morgan fingerprint density at radius 2 is 1.83 bits per heavy atom. The Kier molecular flexibility index (Phi) is 5.88. The zero-order valence-corrected chi connectivity index (χ0v) is 18.3. The fourth-order valence-electron chi connectivity index (χ4n) is 4.37. The number of alkyl halides is 3. The van der Waals surface area contributed by atoms with Crippen LogP contribution in [0.2, 0.25) is 5.02 Å². The Hall–Kier alpha value is -1.24. The van der Waals surface area contributed by atoms with E-state index in [2.05, 4.69) is 5.32 Å². The third kappa shape index (κ3) is 4.30. The quantitative estimate of drug-likeness (QED) is 0.682. The van der Waals surface area contributed by atoms with Crippen molar-refractivity contribution in [3.63, 3.8) is 0 Å². The van der Waals surface area contributed by atoms with E-state index in [1.54, 1.807) is 36.4 Å². The molecular weight excluding hydrogens is 456 g/mol. The van der Waals surface area contributed by atoms with Crippen LogP contribution < -0.4 is 10.9 Å². The second-order valence-electron chi connectivity index (χ2n) is 7.55. The number of nitrogens with one attached hydrogen (secondary N) is 1. The first-order chi connectivity index (χ1) is 13.7. The molecule has 2 aromatic rings. The van der Waals surface area contributed by atoms with Crippen LogP contribution in [-0.2, 0) is 6.54 Å². The monoisotopic (exact) mass is 473 g/mol. The van der Waals surface area contributed by atoms with Gasteiger partial charge in [0, 0.05) is 37.3 Å². The van der Waals surface area contributed by atoms with Crippen molar-refractivity contribution in [1.82, 2.24) is 14.8 Å². The molecule has 1 amide bonds. The Morgan fingerprint density at radius 3 is 2.55 bits per heavy atom. The van der Waals surface area contributed by atoms with Gasteiger partial charge in [-0.3, -0.25) is 14.5 Å². The highest BCUT2D eigenvalue weighted by Gasteiger charge is 2.44. The maximum absolute atomic E-state index is 12.8. The Bertz CT molecular complexity index is 988.